The van der Waals surface area contributed by atoms with Crippen LogP contribution in [0.1, 0.15) is 23.7 Å². The molecule has 1 atom stereocenters. The molecule has 0 fully saturated rings. The molecule has 2 N–H and O–H groups in total. The Morgan fingerprint density at radius 1 is 1.19 bits per heavy atom. The van der Waals surface area contributed by atoms with Crippen molar-refractivity contribution in [2.75, 3.05) is 23.9 Å². The fraction of sp³-hybridized carbons (Fsp3) is 0.300. The zero-order valence-corrected chi connectivity index (χ0v) is 17.7. The van der Waals surface area contributed by atoms with E-state index in [1.807, 2.05) is 31.4 Å². The van der Waals surface area contributed by atoms with E-state index in [0.29, 0.717) is 34.5 Å². The summed E-state index contributed by atoms with van der Waals surface area (Å²) in [7, 11) is 0. The van der Waals surface area contributed by atoms with E-state index in [2.05, 4.69) is 26.6 Å². The van der Waals surface area contributed by atoms with Gasteiger partial charge in [0, 0.05) is 16.2 Å². The average molecular weight is 451 g/mol. The Bertz CT molecular complexity index is 785. The van der Waals surface area contributed by atoms with Crippen LogP contribution in [0.15, 0.2) is 53.0 Å². The third kappa shape index (κ3) is 6.59. The highest BCUT2D eigenvalue weighted by Gasteiger charge is 2.22. The molecule has 2 amide bonds. The number of anilines is 1. The molecule has 0 bridgehead atoms. The predicted molar refractivity (Wildman–Crippen MR) is 115 cm³/mol. The number of thioether (sulfide) groups is 1. The Balaban J connectivity index is 2.10. The number of nitrogens with one attached hydrogen (secondary N) is 2. The summed E-state index contributed by atoms with van der Waals surface area (Å²) >= 11 is 5.00. The number of benzene rings is 2. The first-order chi connectivity index (χ1) is 13.0. The van der Waals surface area contributed by atoms with Crippen molar-refractivity contribution in [3.8, 4) is 5.75 Å². The Hall–Kier alpha value is -1.99. The molecular weight excluding hydrogens is 428 g/mol. The third-order valence-electron chi connectivity index (χ3n) is 3.76. The van der Waals surface area contributed by atoms with Crippen LogP contribution >= 0.6 is 27.7 Å². The van der Waals surface area contributed by atoms with E-state index in [4.69, 9.17) is 4.74 Å². The van der Waals surface area contributed by atoms with Crippen molar-refractivity contribution in [3.63, 3.8) is 0 Å². The summed E-state index contributed by atoms with van der Waals surface area (Å²) in [5, 5.41) is 5.71. The van der Waals surface area contributed by atoms with Gasteiger partial charge in [-0.05, 0) is 65.5 Å². The van der Waals surface area contributed by atoms with Gasteiger partial charge in [0.15, 0.2) is 0 Å². The molecule has 0 aliphatic carbocycles. The van der Waals surface area contributed by atoms with Gasteiger partial charge < -0.3 is 15.4 Å². The summed E-state index contributed by atoms with van der Waals surface area (Å²) in [5.41, 5.74) is 1.13. The molecule has 1 unspecified atom stereocenters. The van der Waals surface area contributed by atoms with Gasteiger partial charge in [0.25, 0.3) is 5.91 Å². The molecule has 144 valence electrons. The number of hydrogen-bond donors (Lipinski definition) is 2. The minimum absolute atomic E-state index is 0.252. The molecule has 5 nitrogen and oxygen atoms in total. The summed E-state index contributed by atoms with van der Waals surface area (Å²) in [4.78, 5) is 25.3. The van der Waals surface area contributed by atoms with Crippen LogP contribution in [0.25, 0.3) is 0 Å². The zero-order valence-electron chi connectivity index (χ0n) is 15.3. The second-order valence-corrected chi connectivity index (χ2v) is 7.58. The van der Waals surface area contributed by atoms with E-state index >= 15 is 0 Å². The van der Waals surface area contributed by atoms with E-state index in [9.17, 15) is 9.59 Å². The van der Waals surface area contributed by atoms with E-state index in [1.165, 1.54) is 0 Å². The van der Waals surface area contributed by atoms with Crippen LogP contribution in [0.4, 0.5) is 5.69 Å². The van der Waals surface area contributed by atoms with Crippen LogP contribution < -0.4 is 15.4 Å². The SMILES string of the molecule is CCOc1cccc(NC(=O)C(CCSC)NC(=O)c2ccccc2Br)c1. The van der Waals surface area contributed by atoms with Gasteiger partial charge >= 0.3 is 0 Å². The van der Waals surface area contributed by atoms with Gasteiger partial charge in [0.1, 0.15) is 11.8 Å². The number of carbonyl (C=O) groups is 2. The third-order valence-corrected chi connectivity index (χ3v) is 5.10. The highest BCUT2D eigenvalue weighted by Crippen LogP contribution is 2.19. The maximum atomic E-state index is 12.8. The summed E-state index contributed by atoms with van der Waals surface area (Å²) in [6.07, 6.45) is 2.50. The fourth-order valence-corrected chi connectivity index (χ4v) is 3.38. The molecule has 0 saturated heterocycles. The van der Waals surface area contributed by atoms with E-state index < -0.39 is 6.04 Å². The zero-order chi connectivity index (χ0) is 19.6. The van der Waals surface area contributed by atoms with Gasteiger partial charge in [0.2, 0.25) is 5.91 Å². The van der Waals surface area contributed by atoms with Crippen molar-refractivity contribution in [3.05, 3.63) is 58.6 Å². The Morgan fingerprint density at radius 2 is 1.96 bits per heavy atom. The molecule has 2 rings (SSSR count). The molecule has 2 aromatic carbocycles. The van der Waals surface area contributed by atoms with Crippen LogP contribution in [0.2, 0.25) is 0 Å². The molecule has 0 aliphatic heterocycles. The van der Waals surface area contributed by atoms with E-state index in [1.54, 1.807) is 42.1 Å². The molecule has 27 heavy (non-hydrogen) atoms. The molecule has 0 aliphatic rings. The topological polar surface area (TPSA) is 67.4 Å². The summed E-state index contributed by atoms with van der Waals surface area (Å²) in [6, 6.07) is 13.7. The molecular formula is C20H23BrN2O3S. The summed E-state index contributed by atoms with van der Waals surface area (Å²) < 4.78 is 6.15. The lowest BCUT2D eigenvalue weighted by Crippen LogP contribution is -2.44. The standard InChI is InChI=1S/C20H23BrN2O3S/c1-3-26-15-8-6-7-14(13-15)22-20(25)18(11-12-27-2)23-19(24)16-9-4-5-10-17(16)21/h4-10,13,18H,3,11-12H2,1-2H3,(H,22,25)(H,23,24). The van der Waals surface area contributed by atoms with Gasteiger partial charge in [-0.1, -0.05) is 18.2 Å². The van der Waals surface area contributed by atoms with Crippen molar-refractivity contribution >= 4 is 45.2 Å². The van der Waals surface area contributed by atoms with Crippen molar-refractivity contribution < 1.29 is 14.3 Å². The molecule has 0 saturated carbocycles. The Morgan fingerprint density at radius 3 is 2.67 bits per heavy atom. The van der Waals surface area contributed by atoms with Gasteiger partial charge in [0.05, 0.1) is 12.2 Å². The van der Waals surface area contributed by atoms with Gasteiger partial charge in [-0.3, -0.25) is 9.59 Å². The molecule has 0 radical (unpaired) electrons. The fourth-order valence-electron chi connectivity index (χ4n) is 2.45. The van der Waals surface area contributed by atoms with Crippen LogP contribution in [-0.4, -0.2) is 36.5 Å². The van der Waals surface area contributed by atoms with Crippen molar-refractivity contribution in [2.45, 2.75) is 19.4 Å². The number of ether oxygens (including phenoxy) is 1. The van der Waals surface area contributed by atoms with Crippen LogP contribution in [0.3, 0.4) is 0 Å². The van der Waals surface area contributed by atoms with Crippen molar-refractivity contribution in [2.24, 2.45) is 0 Å². The monoisotopic (exact) mass is 450 g/mol. The van der Waals surface area contributed by atoms with Crippen LogP contribution in [0.5, 0.6) is 5.75 Å². The molecule has 0 aromatic heterocycles. The minimum Gasteiger partial charge on any atom is -0.494 e. The smallest absolute Gasteiger partial charge is 0.253 e. The average Bonchev–Trinajstić information content (AvgIpc) is 2.65. The van der Waals surface area contributed by atoms with E-state index in [0.717, 1.165) is 5.75 Å². The largest absolute Gasteiger partial charge is 0.494 e. The van der Waals surface area contributed by atoms with Gasteiger partial charge in [-0.25, -0.2) is 0 Å². The molecule has 7 heteroatoms. The van der Waals surface area contributed by atoms with Gasteiger partial charge in [-0.15, -0.1) is 0 Å². The number of carbonyl (C=O) groups excluding carboxylic acids is 2. The van der Waals surface area contributed by atoms with Crippen molar-refractivity contribution in [1.82, 2.24) is 5.32 Å². The highest BCUT2D eigenvalue weighted by atomic mass is 79.9. The van der Waals surface area contributed by atoms with E-state index in [-0.39, 0.29) is 11.8 Å². The lowest BCUT2D eigenvalue weighted by atomic mass is 10.1. The molecule has 0 heterocycles. The summed E-state index contributed by atoms with van der Waals surface area (Å²) in [6.45, 7) is 2.46. The molecule has 2 aromatic rings. The second kappa shape index (κ2) is 11.0. The predicted octanol–water partition coefficient (Wildman–Crippen LogP) is 4.34. The Labute approximate surface area is 172 Å². The maximum absolute atomic E-state index is 12.8. The minimum atomic E-state index is -0.632. The van der Waals surface area contributed by atoms with Crippen LogP contribution in [-0.2, 0) is 4.79 Å². The second-order valence-electron chi connectivity index (χ2n) is 5.74. The number of hydrogen-bond acceptors (Lipinski definition) is 4. The van der Waals surface area contributed by atoms with Crippen molar-refractivity contribution in [1.29, 1.82) is 0 Å². The first-order valence-electron chi connectivity index (χ1n) is 8.63. The Kier molecular flexibility index (Phi) is 8.67. The molecule has 0 spiro atoms. The van der Waals surface area contributed by atoms with Gasteiger partial charge in [-0.2, -0.15) is 11.8 Å². The highest BCUT2D eigenvalue weighted by molar-refractivity contribution is 9.10. The first-order valence-corrected chi connectivity index (χ1v) is 10.8. The quantitative estimate of drug-likeness (QED) is 0.596. The maximum Gasteiger partial charge on any atom is 0.253 e. The lowest BCUT2D eigenvalue weighted by molar-refractivity contribution is -0.118. The lowest BCUT2D eigenvalue weighted by Gasteiger charge is -2.19. The summed E-state index contributed by atoms with van der Waals surface area (Å²) in [5.74, 6) is 0.908. The number of halogens is 1. The number of amides is 2. The van der Waals surface area contributed by atoms with Crippen LogP contribution in [0, 0.1) is 0 Å². The normalized spacial score (nSPS) is 11.5. The first kappa shape index (κ1) is 21.3. The number of rotatable bonds is 9.